The maximum Gasteiger partial charge on any atom is 0.473 e. The highest BCUT2D eigenvalue weighted by molar-refractivity contribution is 5.81. The lowest BCUT2D eigenvalue weighted by molar-refractivity contribution is -0.451. The van der Waals surface area contributed by atoms with Gasteiger partial charge in [-0.3, -0.25) is 0 Å². The zero-order chi connectivity index (χ0) is 24.4. The maximum atomic E-state index is 13.5. The largest absolute Gasteiger partial charge is 0.473 e. The number of carbonyl (C=O) groups is 2. The van der Waals surface area contributed by atoms with Crippen LogP contribution < -0.4 is 0 Å². The minimum atomic E-state index is -7.89. The molecule has 0 aliphatic heterocycles. The summed E-state index contributed by atoms with van der Waals surface area (Å²) in [7, 11) is 0. The predicted molar refractivity (Wildman–Crippen MR) is 71.7 cm³/mol. The first-order chi connectivity index (χ1) is 13.2. The van der Waals surface area contributed by atoms with E-state index in [4.69, 9.17) is 0 Å². The first-order valence-electron chi connectivity index (χ1n) is 7.07. The van der Waals surface area contributed by atoms with Gasteiger partial charge in [0, 0.05) is 12.2 Å². The van der Waals surface area contributed by atoms with E-state index >= 15 is 0 Å². The molecule has 0 heterocycles. The zero-order valence-electron chi connectivity index (χ0n) is 14.2. The van der Waals surface area contributed by atoms with Crippen molar-refractivity contribution in [3.63, 3.8) is 0 Å². The molecule has 0 fully saturated rings. The number of hydrogen-bond donors (Lipinski definition) is 0. The first kappa shape index (κ1) is 27.6. The summed E-state index contributed by atoms with van der Waals surface area (Å²) < 4.78 is 167. The molecule has 16 heteroatoms. The van der Waals surface area contributed by atoms with Gasteiger partial charge in [-0.15, -0.1) is 0 Å². The van der Waals surface area contributed by atoms with Crippen molar-refractivity contribution in [3.05, 3.63) is 25.3 Å². The zero-order valence-corrected chi connectivity index (χ0v) is 14.2. The molecule has 0 spiro atoms. The molecular weight excluding hydrogens is 460 g/mol. The van der Waals surface area contributed by atoms with Gasteiger partial charge in [-0.05, 0) is 0 Å². The highest BCUT2D eigenvalue weighted by Gasteiger charge is 2.91. The van der Waals surface area contributed by atoms with Gasteiger partial charge < -0.3 is 9.47 Å². The van der Waals surface area contributed by atoms with Gasteiger partial charge in [-0.25, -0.2) is 9.59 Å². The van der Waals surface area contributed by atoms with Gasteiger partial charge in [0.1, 0.15) is 0 Å². The lowest BCUT2D eigenvalue weighted by Crippen LogP contribution is -2.71. The smallest absolute Gasteiger partial charge is 0.462 e. The normalized spacial score (nSPS) is 14.1. The minimum Gasteiger partial charge on any atom is -0.462 e. The van der Waals surface area contributed by atoms with E-state index in [-0.39, 0.29) is 6.08 Å². The molecule has 0 radical (unpaired) electrons. The summed E-state index contributed by atoms with van der Waals surface area (Å²) >= 11 is 0. The summed E-state index contributed by atoms with van der Waals surface area (Å²) in [6.45, 7) is 3.36. The van der Waals surface area contributed by atoms with E-state index in [0.29, 0.717) is 6.08 Å². The van der Waals surface area contributed by atoms with E-state index in [1.54, 1.807) is 0 Å². The number of hydrogen-bond acceptors (Lipinski definition) is 4. The second-order valence-electron chi connectivity index (χ2n) is 5.27. The van der Waals surface area contributed by atoms with Gasteiger partial charge in [0.2, 0.25) is 0 Å². The van der Waals surface area contributed by atoms with E-state index < -0.39 is 60.7 Å². The average molecular weight is 470 g/mol. The van der Waals surface area contributed by atoms with Crippen molar-refractivity contribution in [2.45, 2.75) is 42.1 Å². The van der Waals surface area contributed by atoms with Crippen LogP contribution in [0.25, 0.3) is 0 Å². The van der Waals surface area contributed by atoms with Crippen LogP contribution in [0.15, 0.2) is 25.3 Å². The molecule has 0 saturated carbocycles. The van der Waals surface area contributed by atoms with Crippen LogP contribution in [0.3, 0.4) is 0 Å². The summed E-state index contributed by atoms with van der Waals surface area (Å²) in [5.41, 5.74) is 0. The van der Waals surface area contributed by atoms with Crippen LogP contribution in [0.1, 0.15) is 6.42 Å². The van der Waals surface area contributed by atoms with Gasteiger partial charge in [0.25, 0.3) is 0 Å². The monoisotopic (exact) mass is 470 g/mol. The summed E-state index contributed by atoms with van der Waals surface area (Å²) in [5.74, 6) is -41.1. The Kier molecular flexibility index (Phi) is 7.70. The molecule has 0 saturated heterocycles. The highest BCUT2D eigenvalue weighted by Crippen LogP contribution is 2.60. The Bertz CT molecular complexity index is 686. The van der Waals surface area contributed by atoms with Gasteiger partial charge in [0.15, 0.2) is 0 Å². The van der Waals surface area contributed by atoms with E-state index in [1.807, 2.05) is 0 Å². The van der Waals surface area contributed by atoms with Crippen LogP contribution in [0.5, 0.6) is 0 Å². The van der Waals surface area contributed by atoms with Crippen LogP contribution in [0.4, 0.5) is 52.7 Å². The fraction of sp³-hybridized carbons (Fsp3) is 0.571. The third-order valence-corrected chi connectivity index (χ3v) is 3.23. The lowest BCUT2D eigenvalue weighted by Gasteiger charge is -2.40. The molecule has 0 N–H and O–H groups in total. The number of carbonyl (C=O) groups excluding carboxylic acids is 2. The molecule has 0 aromatic carbocycles. The van der Waals surface area contributed by atoms with E-state index in [0.717, 1.165) is 0 Å². The Morgan fingerprint density at radius 1 is 0.667 bits per heavy atom. The molecule has 0 aromatic rings. The average Bonchev–Trinajstić information content (AvgIpc) is 2.59. The van der Waals surface area contributed by atoms with Crippen LogP contribution >= 0.6 is 0 Å². The lowest BCUT2D eigenvalue weighted by atomic mass is 9.92. The standard InChI is InChI=1S/C14H10F12O4/c1-3-7(27)29-6-5-9(15,16)10(17,18)11(19,20)12(21,22)13(23,24)14(25,26)30-8(28)4-2/h3-4H,1-2,5-6H2. The molecule has 0 aliphatic rings. The fourth-order valence-electron chi connectivity index (χ4n) is 1.53. The summed E-state index contributed by atoms with van der Waals surface area (Å²) in [6, 6.07) is 0. The Balaban J connectivity index is 6.08. The summed E-state index contributed by atoms with van der Waals surface area (Å²) in [4.78, 5) is 21.1. The van der Waals surface area contributed by atoms with E-state index in [2.05, 4.69) is 22.6 Å². The van der Waals surface area contributed by atoms with Crippen LogP contribution in [0, 0.1) is 0 Å². The number of ether oxygens (including phenoxy) is 2. The van der Waals surface area contributed by atoms with Gasteiger partial charge in [0.05, 0.1) is 13.0 Å². The second-order valence-corrected chi connectivity index (χ2v) is 5.27. The number of halogens is 12. The maximum absolute atomic E-state index is 13.5. The Labute approximate surface area is 159 Å². The molecule has 0 rings (SSSR count). The SMILES string of the molecule is C=CC(=O)OCCC(F)(F)C(F)(F)C(F)(F)C(F)(F)C(F)(F)C(F)(F)OC(=O)C=C. The van der Waals surface area contributed by atoms with Crippen LogP contribution in [-0.4, -0.2) is 54.3 Å². The number of alkyl halides is 12. The molecule has 0 amide bonds. The quantitative estimate of drug-likeness (QED) is 0.252. The van der Waals surface area contributed by atoms with Crippen molar-refractivity contribution in [1.82, 2.24) is 0 Å². The number of rotatable bonds is 11. The molecular formula is C14H10F12O4. The first-order valence-corrected chi connectivity index (χ1v) is 7.07. The van der Waals surface area contributed by atoms with Gasteiger partial charge >= 0.3 is 47.7 Å². The molecule has 0 unspecified atom stereocenters. The predicted octanol–water partition coefficient (Wildman–Crippen LogP) is 4.60. The molecule has 0 bridgehead atoms. The topological polar surface area (TPSA) is 52.6 Å². The Morgan fingerprint density at radius 2 is 1.07 bits per heavy atom. The third-order valence-electron chi connectivity index (χ3n) is 3.23. The van der Waals surface area contributed by atoms with Crippen molar-refractivity contribution in [2.24, 2.45) is 0 Å². The van der Waals surface area contributed by atoms with E-state index in [9.17, 15) is 62.3 Å². The fourth-order valence-corrected chi connectivity index (χ4v) is 1.53. The second kappa shape index (κ2) is 8.37. The van der Waals surface area contributed by atoms with E-state index in [1.165, 1.54) is 0 Å². The third kappa shape index (κ3) is 4.50. The summed E-state index contributed by atoms with van der Waals surface area (Å²) in [6.07, 6.45) is -9.44. The molecule has 174 valence electrons. The molecule has 30 heavy (non-hydrogen) atoms. The minimum absolute atomic E-state index is 0.298. The van der Waals surface area contributed by atoms with Gasteiger partial charge in [-0.1, -0.05) is 13.2 Å². The molecule has 4 nitrogen and oxygen atoms in total. The van der Waals surface area contributed by atoms with Gasteiger partial charge in [-0.2, -0.15) is 52.7 Å². The molecule has 0 aliphatic carbocycles. The van der Waals surface area contributed by atoms with Crippen molar-refractivity contribution in [2.75, 3.05) is 6.61 Å². The molecule has 0 aromatic heterocycles. The number of esters is 2. The van der Waals surface area contributed by atoms with Crippen molar-refractivity contribution in [1.29, 1.82) is 0 Å². The van der Waals surface area contributed by atoms with Crippen LogP contribution in [0.2, 0.25) is 0 Å². The van der Waals surface area contributed by atoms with Crippen molar-refractivity contribution >= 4 is 11.9 Å². The Hall–Kier alpha value is -2.42. The van der Waals surface area contributed by atoms with Crippen LogP contribution in [-0.2, 0) is 19.1 Å². The highest BCUT2D eigenvalue weighted by atomic mass is 19.4. The molecule has 0 atom stereocenters. The Morgan fingerprint density at radius 3 is 1.47 bits per heavy atom. The van der Waals surface area contributed by atoms with Crippen molar-refractivity contribution < 1.29 is 71.7 Å². The summed E-state index contributed by atoms with van der Waals surface area (Å²) in [5, 5.41) is 0. The van der Waals surface area contributed by atoms with Crippen molar-refractivity contribution in [3.8, 4) is 0 Å².